The number of benzene rings is 4. The van der Waals surface area contributed by atoms with Gasteiger partial charge >= 0.3 is 5.97 Å². The van der Waals surface area contributed by atoms with Gasteiger partial charge in [-0.3, -0.25) is 4.79 Å². The maximum atomic E-state index is 14.1. The van der Waals surface area contributed by atoms with Gasteiger partial charge in [-0.1, -0.05) is 84.9 Å². The molecule has 5 nitrogen and oxygen atoms in total. The molecule has 1 aliphatic carbocycles. The molecule has 2 aromatic heterocycles. The number of carbonyl (C=O) groups excluding carboxylic acids is 1. The number of nitrogens with zero attached hydrogens (tertiary/aromatic N) is 1. The average Bonchev–Trinajstić information content (AvgIpc) is 3.72. The Morgan fingerprint density at radius 2 is 1.48 bits per heavy atom. The summed E-state index contributed by atoms with van der Waals surface area (Å²) in [6.45, 7) is 1.92. The van der Waals surface area contributed by atoms with Gasteiger partial charge in [0.05, 0.1) is 11.6 Å². The fourth-order valence-corrected chi connectivity index (χ4v) is 6.16. The monoisotopic (exact) mass is 550 g/mol. The van der Waals surface area contributed by atoms with Crippen LogP contribution in [0.2, 0.25) is 0 Å². The molecule has 0 unspecified atom stereocenters. The molecule has 1 fully saturated rings. The summed E-state index contributed by atoms with van der Waals surface area (Å²) in [5.74, 6) is -1.15. The first-order valence-electron chi connectivity index (χ1n) is 14.3. The normalized spacial score (nSPS) is 14.5. The minimum absolute atomic E-state index is 0.155. The van der Waals surface area contributed by atoms with E-state index in [4.69, 9.17) is 0 Å². The van der Waals surface area contributed by atoms with Gasteiger partial charge < -0.3 is 14.8 Å². The van der Waals surface area contributed by atoms with Gasteiger partial charge in [-0.25, -0.2) is 4.79 Å². The minimum Gasteiger partial charge on any atom is -0.478 e. The molecule has 7 rings (SSSR count). The van der Waals surface area contributed by atoms with Crippen LogP contribution < -0.4 is 5.32 Å². The smallest absolute Gasteiger partial charge is 0.335 e. The van der Waals surface area contributed by atoms with Crippen LogP contribution in [-0.2, 0) is 5.41 Å². The Hall–Kier alpha value is -5.16. The number of aromatic nitrogens is 1. The Labute approximate surface area is 244 Å². The predicted molar refractivity (Wildman–Crippen MR) is 166 cm³/mol. The van der Waals surface area contributed by atoms with Crippen LogP contribution in [0.5, 0.6) is 0 Å². The molecule has 1 amide bonds. The highest BCUT2D eigenvalue weighted by Gasteiger charge is 2.48. The van der Waals surface area contributed by atoms with Gasteiger partial charge in [0.2, 0.25) is 0 Å². The Morgan fingerprint density at radius 3 is 2.19 bits per heavy atom. The number of fused-ring (bicyclic) bond motifs is 2. The lowest BCUT2D eigenvalue weighted by Crippen LogP contribution is -2.29. The number of hydrogen-bond acceptors (Lipinski definition) is 2. The zero-order valence-corrected chi connectivity index (χ0v) is 23.2. The Morgan fingerprint density at radius 1 is 0.762 bits per heavy atom. The van der Waals surface area contributed by atoms with Gasteiger partial charge in [-0.2, -0.15) is 0 Å². The van der Waals surface area contributed by atoms with Crippen LogP contribution >= 0.6 is 0 Å². The van der Waals surface area contributed by atoms with Crippen molar-refractivity contribution in [3.05, 3.63) is 149 Å². The zero-order valence-electron chi connectivity index (χ0n) is 23.2. The molecule has 1 atom stereocenters. The molecule has 2 N–H and O–H groups in total. The third-order valence-corrected chi connectivity index (χ3v) is 8.63. The number of amides is 1. The number of hydrogen-bond donors (Lipinski definition) is 2. The molecule has 0 bridgehead atoms. The molecule has 0 spiro atoms. The third kappa shape index (κ3) is 4.44. The van der Waals surface area contributed by atoms with Crippen molar-refractivity contribution in [2.24, 2.45) is 0 Å². The van der Waals surface area contributed by atoms with Crippen molar-refractivity contribution in [1.29, 1.82) is 0 Å². The summed E-state index contributed by atoms with van der Waals surface area (Å²) in [7, 11) is 0. The second-order valence-corrected chi connectivity index (χ2v) is 11.2. The summed E-state index contributed by atoms with van der Waals surface area (Å²) in [6.07, 6.45) is 2.04. The second-order valence-electron chi connectivity index (χ2n) is 11.2. The van der Waals surface area contributed by atoms with E-state index < -0.39 is 5.97 Å². The first-order valence-corrected chi connectivity index (χ1v) is 14.3. The number of rotatable bonds is 7. The van der Waals surface area contributed by atoms with Crippen LogP contribution in [0.25, 0.3) is 27.4 Å². The lowest BCUT2D eigenvalue weighted by molar-refractivity contribution is 0.0696. The first-order chi connectivity index (χ1) is 20.4. The fourth-order valence-electron chi connectivity index (χ4n) is 6.16. The predicted octanol–water partition coefficient (Wildman–Crippen LogP) is 8.03. The van der Waals surface area contributed by atoms with Gasteiger partial charge in [0.25, 0.3) is 5.91 Å². The van der Waals surface area contributed by atoms with Crippen molar-refractivity contribution in [1.82, 2.24) is 9.72 Å². The van der Waals surface area contributed by atoms with Gasteiger partial charge in [-0.15, -0.1) is 0 Å². The number of carboxylic acid groups (broad SMARTS) is 1. The molecule has 0 saturated heterocycles. The Kier molecular flexibility index (Phi) is 6.16. The lowest BCUT2D eigenvalue weighted by Gasteiger charge is -2.21. The van der Waals surface area contributed by atoms with Crippen LogP contribution in [0, 0.1) is 0 Å². The van der Waals surface area contributed by atoms with E-state index in [1.807, 2.05) is 31.2 Å². The molecule has 4 aromatic carbocycles. The molecule has 42 heavy (non-hydrogen) atoms. The van der Waals surface area contributed by atoms with Gasteiger partial charge in [0.15, 0.2) is 0 Å². The highest BCUT2D eigenvalue weighted by atomic mass is 16.4. The van der Waals surface area contributed by atoms with E-state index in [1.54, 1.807) is 24.3 Å². The van der Waals surface area contributed by atoms with E-state index in [9.17, 15) is 14.7 Å². The van der Waals surface area contributed by atoms with Crippen molar-refractivity contribution in [3.8, 4) is 11.1 Å². The molecular weight excluding hydrogens is 520 g/mol. The van der Waals surface area contributed by atoms with Crippen molar-refractivity contribution in [3.63, 3.8) is 0 Å². The Balaban J connectivity index is 1.33. The molecular formula is C37H30N2O3. The highest BCUT2D eigenvalue weighted by molar-refractivity contribution is 5.96. The van der Waals surface area contributed by atoms with Crippen molar-refractivity contribution >= 4 is 28.2 Å². The molecule has 206 valence electrons. The Bertz CT molecular complexity index is 1970. The maximum Gasteiger partial charge on any atom is 0.335 e. The number of carbonyl (C=O) groups is 2. The largest absolute Gasteiger partial charge is 0.478 e. The second kappa shape index (κ2) is 10.0. The summed E-state index contributed by atoms with van der Waals surface area (Å²) >= 11 is 0. The molecule has 6 aromatic rings. The van der Waals surface area contributed by atoms with E-state index in [1.165, 1.54) is 16.3 Å². The zero-order chi connectivity index (χ0) is 28.8. The van der Waals surface area contributed by atoms with Crippen LogP contribution in [0.3, 0.4) is 0 Å². The standard InChI is InChI=1S/C37H30N2O3/c1-24(25-11-13-28(14-12-25)36(41)42)38-35(40)33-23-30(26-7-3-2-4-8-26)22-32-17-18-34(39(32)33)37(19-20-37)31-16-15-27-9-5-6-10-29(27)21-31/h2-18,21-24H,19-20H2,1H3,(H,38,40)(H,41,42)/t24-/m0/s1. The summed E-state index contributed by atoms with van der Waals surface area (Å²) < 4.78 is 2.13. The lowest BCUT2D eigenvalue weighted by atomic mass is 9.90. The summed E-state index contributed by atoms with van der Waals surface area (Å²) in [6, 6.07) is 40.0. The number of aromatic carboxylic acids is 1. The van der Waals surface area contributed by atoms with Crippen LogP contribution in [0.1, 0.15) is 63.5 Å². The molecule has 2 heterocycles. The third-order valence-electron chi connectivity index (χ3n) is 8.63. The van der Waals surface area contributed by atoms with E-state index in [0.717, 1.165) is 40.7 Å². The summed E-state index contributed by atoms with van der Waals surface area (Å²) in [5, 5.41) is 14.9. The summed E-state index contributed by atoms with van der Waals surface area (Å²) in [5.41, 5.74) is 6.87. The van der Waals surface area contributed by atoms with Crippen LogP contribution in [0.4, 0.5) is 0 Å². The van der Waals surface area contributed by atoms with Crippen molar-refractivity contribution < 1.29 is 14.7 Å². The summed E-state index contributed by atoms with van der Waals surface area (Å²) in [4.78, 5) is 25.4. The fraction of sp³-hybridized carbons (Fsp3) is 0.135. The number of pyridine rings is 1. The number of carboxylic acids is 1. The molecule has 0 aliphatic heterocycles. The SMILES string of the molecule is C[C@H](NC(=O)c1cc(-c2ccccc2)cc2ccc(C3(c4ccc5ccccc5c4)CC3)n12)c1ccc(C(=O)O)cc1. The van der Waals surface area contributed by atoms with Gasteiger partial charge in [0.1, 0.15) is 5.69 Å². The highest BCUT2D eigenvalue weighted by Crippen LogP contribution is 2.54. The van der Waals surface area contributed by atoms with E-state index in [0.29, 0.717) is 5.69 Å². The topological polar surface area (TPSA) is 70.8 Å². The molecule has 5 heteroatoms. The molecule has 1 aliphatic rings. The van der Waals surface area contributed by atoms with E-state index in [2.05, 4.69) is 82.5 Å². The first kappa shape index (κ1) is 25.8. The van der Waals surface area contributed by atoms with Crippen LogP contribution in [0.15, 0.2) is 121 Å². The van der Waals surface area contributed by atoms with Gasteiger partial charge in [0, 0.05) is 16.6 Å². The van der Waals surface area contributed by atoms with Crippen molar-refractivity contribution in [2.75, 3.05) is 0 Å². The maximum absolute atomic E-state index is 14.1. The quantitative estimate of drug-likeness (QED) is 0.211. The van der Waals surface area contributed by atoms with Crippen molar-refractivity contribution in [2.45, 2.75) is 31.2 Å². The van der Waals surface area contributed by atoms with Gasteiger partial charge in [-0.05, 0) is 89.2 Å². The van der Waals surface area contributed by atoms with E-state index in [-0.39, 0.29) is 22.9 Å². The number of nitrogens with one attached hydrogen (secondary N) is 1. The molecule has 0 radical (unpaired) electrons. The van der Waals surface area contributed by atoms with Crippen LogP contribution in [-0.4, -0.2) is 21.4 Å². The molecule has 1 saturated carbocycles. The average molecular weight is 551 g/mol. The minimum atomic E-state index is -0.973. The van der Waals surface area contributed by atoms with E-state index >= 15 is 0 Å².